The summed E-state index contributed by atoms with van der Waals surface area (Å²) >= 11 is 0. The molecule has 7 nitrogen and oxygen atoms in total. The van der Waals surface area contributed by atoms with Gasteiger partial charge in [0, 0.05) is 19.4 Å². The van der Waals surface area contributed by atoms with E-state index in [-0.39, 0.29) is 18.0 Å². The molecule has 1 aromatic rings. The van der Waals surface area contributed by atoms with Crippen LogP contribution in [0.4, 0.5) is 0 Å². The van der Waals surface area contributed by atoms with E-state index in [1.807, 2.05) is 6.92 Å². The van der Waals surface area contributed by atoms with Crippen LogP contribution in [0, 0.1) is 0 Å². The van der Waals surface area contributed by atoms with Crippen LogP contribution in [-0.2, 0) is 21.2 Å². The molecule has 3 N–H and O–H groups in total. The van der Waals surface area contributed by atoms with Crippen molar-refractivity contribution in [3.8, 4) is 0 Å². The fourth-order valence-electron chi connectivity index (χ4n) is 1.35. The van der Waals surface area contributed by atoms with Crippen molar-refractivity contribution in [2.24, 2.45) is 0 Å². The highest BCUT2D eigenvalue weighted by molar-refractivity contribution is 7.89. The first-order valence-electron chi connectivity index (χ1n) is 5.71. The number of H-pyrrole nitrogens is 1. The third-order valence-corrected chi connectivity index (χ3v) is 3.71. The molecule has 0 spiro atoms. The van der Waals surface area contributed by atoms with Crippen LogP contribution in [0.25, 0.3) is 0 Å². The Bertz CT molecular complexity index is 495. The molecular weight excluding hydrogens is 258 g/mol. The van der Waals surface area contributed by atoms with Gasteiger partial charge in [0.05, 0.1) is 6.20 Å². The van der Waals surface area contributed by atoms with Gasteiger partial charge in [-0.25, -0.2) is 18.1 Å². The molecule has 0 atom stereocenters. The van der Waals surface area contributed by atoms with Crippen LogP contribution >= 0.6 is 0 Å². The minimum Gasteiger partial charge on any atom is -0.481 e. The summed E-state index contributed by atoms with van der Waals surface area (Å²) in [6, 6.07) is 0. The third-order valence-electron chi connectivity index (χ3n) is 2.34. The Morgan fingerprint density at radius 2 is 2.22 bits per heavy atom. The highest BCUT2D eigenvalue weighted by Crippen LogP contribution is 2.06. The number of rotatable bonds is 8. The molecule has 0 aliphatic carbocycles. The Balaban J connectivity index is 2.42. The molecule has 18 heavy (non-hydrogen) atoms. The van der Waals surface area contributed by atoms with Crippen molar-refractivity contribution in [1.29, 1.82) is 0 Å². The maximum atomic E-state index is 11.8. The van der Waals surface area contributed by atoms with Crippen molar-refractivity contribution in [2.75, 3.05) is 6.54 Å². The number of carbonyl (C=O) groups is 1. The molecule has 8 heteroatoms. The number of unbranched alkanes of at least 4 members (excludes halogenated alkanes) is 1. The van der Waals surface area contributed by atoms with Crippen molar-refractivity contribution in [1.82, 2.24) is 14.7 Å². The number of aryl methyl sites for hydroxylation is 1. The monoisotopic (exact) mass is 275 g/mol. The Morgan fingerprint density at radius 1 is 1.50 bits per heavy atom. The van der Waals surface area contributed by atoms with E-state index in [0.29, 0.717) is 25.1 Å². The van der Waals surface area contributed by atoms with Crippen LogP contribution in [0.1, 0.15) is 32.0 Å². The number of nitrogens with zero attached hydrogens (tertiary/aromatic N) is 1. The highest BCUT2D eigenvalue weighted by Gasteiger charge is 2.15. The van der Waals surface area contributed by atoms with E-state index in [1.165, 1.54) is 6.20 Å². The molecule has 0 aromatic carbocycles. The maximum Gasteiger partial charge on any atom is 0.303 e. The minimum absolute atomic E-state index is 0.0394. The minimum atomic E-state index is -3.57. The standard InChI is InChI=1S/C10H17N3O4S/c1-2-8-11-7-9(13-8)18(16,17)12-6-4-3-5-10(14)15/h7,12H,2-6H2,1H3,(H,11,13)(H,14,15). The average molecular weight is 275 g/mol. The van der Waals surface area contributed by atoms with Crippen LogP contribution in [-0.4, -0.2) is 36.0 Å². The zero-order valence-electron chi connectivity index (χ0n) is 10.1. The summed E-state index contributed by atoms with van der Waals surface area (Å²) in [6.07, 6.45) is 2.89. The van der Waals surface area contributed by atoms with Gasteiger partial charge in [0.15, 0.2) is 5.03 Å². The quantitative estimate of drug-likeness (QED) is 0.598. The van der Waals surface area contributed by atoms with Gasteiger partial charge in [0.25, 0.3) is 10.0 Å². The Labute approximate surface area is 106 Å². The molecule has 0 radical (unpaired) electrons. The number of hydrogen-bond donors (Lipinski definition) is 3. The number of carboxylic acids is 1. The molecule has 0 fully saturated rings. The van der Waals surface area contributed by atoms with Gasteiger partial charge in [0.1, 0.15) is 5.82 Å². The third kappa shape index (κ3) is 4.46. The number of aliphatic carboxylic acids is 1. The summed E-state index contributed by atoms with van der Waals surface area (Å²) in [5.74, 6) is -0.264. The Kier molecular flexibility index (Phi) is 5.29. The van der Waals surface area contributed by atoms with Crippen molar-refractivity contribution in [3.05, 3.63) is 12.0 Å². The van der Waals surface area contributed by atoms with Gasteiger partial charge in [-0.05, 0) is 12.8 Å². The fourth-order valence-corrected chi connectivity index (χ4v) is 2.36. The smallest absolute Gasteiger partial charge is 0.303 e. The number of hydrogen-bond acceptors (Lipinski definition) is 4. The second-order valence-electron chi connectivity index (χ2n) is 3.80. The molecule has 0 aliphatic heterocycles. The van der Waals surface area contributed by atoms with Crippen LogP contribution in [0.3, 0.4) is 0 Å². The molecular formula is C10H17N3O4S. The fraction of sp³-hybridized carbons (Fsp3) is 0.600. The molecule has 0 bridgehead atoms. The first kappa shape index (κ1) is 14.7. The molecule has 0 unspecified atom stereocenters. The zero-order valence-corrected chi connectivity index (χ0v) is 11.0. The van der Waals surface area contributed by atoms with Crippen LogP contribution < -0.4 is 4.72 Å². The van der Waals surface area contributed by atoms with E-state index in [2.05, 4.69) is 14.7 Å². The molecule has 1 heterocycles. The highest BCUT2D eigenvalue weighted by atomic mass is 32.2. The summed E-state index contributed by atoms with van der Waals surface area (Å²) in [5.41, 5.74) is 0. The number of sulfonamides is 1. The topological polar surface area (TPSA) is 112 Å². The number of nitrogens with one attached hydrogen (secondary N) is 2. The van der Waals surface area contributed by atoms with Crippen molar-refractivity contribution in [3.63, 3.8) is 0 Å². The number of imidazole rings is 1. The predicted molar refractivity (Wildman–Crippen MR) is 64.6 cm³/mol. The number of carboxylic acid groups (broad SMARTS) is 1. The van der Waals surface area contributed by atoms with Crippen LogP contribution in [0.2, 0.25) is 0 Å². The van der Waals surface area contributed by atoms with Crippen LogP contribution in [0.5, 0.6) is 0 Å². The van der Waals surface area contributed by atoms with E-state index in [1.54, 1.807) is 0 Å². The van der Waals surface area contributed by atoms with Crippen molar-refractivity contribution >= 4 is 16.0 Å². The zero-order chi connectivity index (χ0) is 13.6. The van der Waals surface area contributed by atoms with Crippen molar-refractivity contribution < 1.29 is 18.3 Å². The molecule has 1 rings (SSSR count). The van der Waals surface area contributed by atoms with Crippen LogP contribution in [0.15, 0.2) is 11.2 Å². The van der Waals surface area contributed by atoms with E-state index in [9.17, 15) is 13.2 Å². The average Bonchev–Trinajstić information content (AvgIpc) is 2.77. The number of aromatic amines is 1. The van der Waals surface area contributed by atoms with Gasteiger partial charge in [-0.3, -0.25) is 4.79 Å². The largest absolute Gasteiger partial charge is 0.481 e. The SMILES string of the molecule is CCc1ncc(S(=O)(=O)NCCCCC(=O)O)[nH]1. The number of aromatic nitrogens is 2. The summed E-state index contributed by atoms with van der Waals surface area (Å²) in [7, 11) is -3.57. The lowest BCUT2D eigenvalue weighted by molar-refractivity contribution is -0.137. The Hall–Kier alpha value is -1.41. The molecule has 0 amide bonds. The lowest BCUT2D eigenvalue weighted by atomic mass is 10.2. The molecule has 0 saturated carbocycles. The normalized spacial score (nSPS) is 11.6. The first-order chi connectivity index (χ1) is 8.45. The van der Waals surface area contributed by atoms with E-state index in [4.69, 9.17) is 5.11 Å². The van der Waals surface area contributed by atoms with Gasteiger partial charge in [-0.15, -0.1) is 0 Å². The lowest BCUT2D eigenvalue weighted by Gasteiger charge is -2.03. The van der Waals surface area contributed by atoms with Gasteiger partial charge in [-0.2, -0.15) is 0 Å². The van der Waals surface area contributed by atoms with Gasteiger partial charge in [0.2, 0.25) is 0 Å². The molecule has 102 valence electrons. The van der Waals surface area contributed by atoms with E-state index >= 15 is 0 Å². The second kappa shape index (κ2) is 6.50. The summed E-state index contributed by atoms with van der Waals surface area (Å²) in [6.45, 7) is 2.09. The van der Waals surface area contributed by atoms with Gasteiger partial charge in [-0.1, -0.05) is 6.92 Å². The van der Waals surface area contributed by atoms with Gasteiger partial charge < -0.3 is 10.1 Å². The lowest BCUT2D eigenvalue weighted by Crippen LogP contribution is -2.25. The Morgan fingerprint density at radius 3 is 2.78 bits per heavy atom. The molecule has 1 aromatic heterocycles. The second-order valence-corrected chi connectivity index (χ2v) is 5.53. The summed E-state index contributed by atoms with van der Waals surface area (Å²) in [5, 5.41) is 8.47. The van der Waals surface area contributed by atoms with E-state index < -0.39 is 16.0 Å². The maximum absolute atomic E-state index is 11.8. The first-order valence-corrected chi connectivity index (χ1v) is 7.19. The summed E-state index contributed by atoms with van der Waals surface area (Å²) in [4.78, 5) is 16.9. The van der Waals surface area contributed by atoms with Crippen molar-refractivity contribution in [2.45, 2.75) is 37.6 Å². The summed E-state index contributed by atoms with van der Waals surface area (Å²) < 4.78 is 25.9. The van der Waals surface area contributed by atoms with Gasteiger partial charge >= 0.3 is 5.97 Å². The predicted octanol–water partition coefficient (Wildman–Crippen LogP) is 0.505. The molecule has 0 aliphatic rings. The molecule has 0 saturated heterocycles. The van der Waals surface area contributed by atoms with E-state index in [0.717, 1.165) is 0 Å².